The molecule has 0 radical (unpaired) electrons. The third kappa shape index (κ3) is 3.69. The number of rotatable bonds is 6. The van der Waals surface area contributed by atoms with E-state index in [1.807, 2.05) is 30.5 Å². The van der Waals surface area contributed by atoms with Crippen LogP contribution in [0.2, 0.25) is 0 Å². The predicted octanol–water partition coefficient (Wildman–Crippen LogP) is 3.12. The fourth-order valence-corrected chi connectivity index (χ4v) is 2.55. The van der Waals surface area contributed by atoms with E-state index in [-0.39, 0.29) is 12.2 Å². The Hall–Kier alpha value is -2.51. The summed E-state index contributed by atoms with van der Waals surface area (Å²) in [6.45, 7) is 0.0837. The molecule has 24 heavy (non-hydrogen) atoms. The lowest BCUT2D eigenvalue weighted by molar-refractivity contribution is 0.0907. The summed E-state index contributed by atoms with van der Waals surface area (Å²) < 4.78 is 10.3. The van der Waals surface area contributed by atoms with E-state index in [0.29, 0.717) is 11.5 Å². The Bertz CT molecular complexity index is 796. The van der Waals surface area contributed by atoms with Gasteiger partial charge in [0.05, 0.1) is 12.4 Å². The average Bonchev–Trinajstić information content (AvgIpc) is 3.30. The summed E-state index contributed by atoms with van der Waals surface area (Å²) in [5.41, 5.74) is 0.871. The van der Waals surface area contributed by atoms with Crippen molar-refractivity contribution in [3.63, 3.8) is 0 Å². The Balaban J connectivity index is 1.58. The van der Waals surface area contributed by atoms with Gasteiger partial charge in [-0.25, -0.2) is 0 Å². The molecule has 0 fully saturated rings. The first-order valence-corrected chi connectivity index (χ1v) is 8.50. The van der Waals surface area contributed by atoms with Crippen molar-refractivity contribution in [1.29, 1.82) is 0 Å². The normalized spacial score (nSPS) is 12.1. The number of aliphatic hydroxyl groups is 1. The van der Waals surface area contributed by atoms with Crippen molar-refractivity contribution in [2.75, 3.05) is 12.8 Å². The van der Waals surface area contributed by atoms with Crippen LogP contribution in [0, 0.1) is 0 Å². The van der Waals surface area contributed by atoms with Crippen molar-refractivity contribution in [2.24, 2.45) is 0 Å². The number of amides is 1. The number of furan rings is 1. The molecule has 2 heterocycles. The molecule has 0 aliphatic carbocycles. The number of carbonyl (C=O) groups is 1. The van der Waals surface area contributed by atoms with Crippen LogP contribution in [0.5, 0.6) is 0 Å². The molecule has 0 aliphatic rings. The maximum Gasteiger partial charge on any atom is 0.273 e. The summed E-state index contributed by atoms with van der Waals surface area (Å²) >= 11 is 1.63. The molecule has 1 amide bonds. The van der Waals surface area contributed by atoms with Gasteiger partial charge in [0.2, 0.25) is 5.76 Å². The first-order valence-electron chi connectivity index (χ1n) is 7.28. The molecule has 0 unspecified atom stereocenters. The van der Waals surface area contributed by atoms with Crippen LogP contribution in [0.1, 0.15) is 22.2 Å². The first kappa shape index (κ1) is 16.4. The monoisotopic (exact) mass is 344 g/mol. The second-order valence-electron chi connectivity index (χ2n) is 5.05. The Morgan fingerprint density at radius 3 is 2.75 bits per heavy atom. The van der Waals surface area contributed by atoms with E-state index in [2.05, 4.69) is 10.5 Å². The van der Waals surface area contributed by atoms with Gasteiger partial charge in [-0.15, -0.1) is 11.8 Å². The van der Waals surface area contributed by atoms with Crippen molar-refractivity contribution in [1.82, 2.24) is 10.5 Å². The van der Waals surface area contributed by atoms with Crippen molar-refractivity contribution in [3.05, 3.63) is 60.0 Å². The molecule has 0 spiro atoms. The van der Waals surface area contributed by atoms with Gasteiger partial charge in [-0.05, 0) is 36.1 Å². The van der Waals surface area contributed by atoms with Crippen molar-refractivity contribution in [2.45, 2.75) is 11.0 Å². The van der Waals surface area contributed by atoms with Crippen molar-refractivity contribution >= 4 is 17.7 Å². The molecule has 0 saturated heterocycles. The molecule has 6 nitrogen and oxygen atoms in total. The van der Waals surface area contributed by atoms with Gasteiger partial charge in [0.15, 0.2) is 11.5 Å². The lowest BCUT2D eigenvalue weighted by Gasteiger charge is -2.12. The van der Waals surface area contributed by atoms with Gasteiger partial charge in [-0.1, -0.05) is 17.3 Å². The van der Waals surface area contributed by atoms with Crippen molar-refractivity contribution in [3.8, 4) is 11.5 Å². The highest BCUT2D eigenvalue weighted by Crippen LogP contribution is 2.21. The molecule has 1 atom stereocenters. The Morgan fingerprint density at radius 1 is 1.29 bits per heavy atom. The Morgan fingerprint density at radius 2 is 2.08 bits per heavy atom. The maximum atomic E-state index is 12.1. The van der Waals surface area contributed by atoms with E-state index in [1.165, 1.54) is 12.3 Å². The van der Waals surface area contributed by atoms with Gasteiger partial charge in [0.25, 0.3) is 5.91 Å². The lowest BCUT2D eigenvalue weighted by Crippen LogP contribution is -2.28. The van der Waals surface area contributed by atoms with Gasteiger partial charge in [-0.3, -0.25) is 4.79 Å². The SMILES string of the molecule is CSc1ccc([C@H](O)CNC(=O)c2cc(-c3ccco3)on2)cc1. The molecule has 2 aromatic heterocycles. The van der Waals surface area contributed by atoms with E-state index in [0.717, 1.165) is 10.5 Å². The highest BCUT2D eigenvalue weighted by atomic mass is 32.2. The Labute approximate surface area is 142 Å². The summed E-state index contributed by atoms with van der Waals surface area (Å²) in [5, 5.41) is 16.5. The summed E-state index contributed by atoms with van der Waals surface area (Å²) in [6, 6.07) is 12.5. The molecule has 1 aromatic carbocycles. The van der Waals surface area contributed by atoms with E-state index in [1.54, 1.807) is 23.9 Å². The summed E-state index contributed by atoms with van der Waals surface area (Å²) in [4.78, 5) is 13.2. The first-order chi connectivity index (χ1) is 11.7. The smallest absolute Gasteiger partial charge is 0.273 e. The van der Waals surface area contributed by atoms with Crippen LogP contribution in [-0.4, -0.2) is 29.0 Å². The molecule has 3 rings (SSSR count). The maximum absolute atomic E-state index is 12.1. The number of nitrogens with zero attached hydrogens (tertiary/aromatic N) is 1. The predicted molar refractivity (Wildman–Crippen MR) is 89.7 cm³/mol. The summed E-state index contributed by atoms with van der Waals surface area (Å²) in [7, 11) is 0. The molecule has 0 aliphatic heterocycles. The molecular formula is C17H16N2O4S. The molecular weight excluding hydrogens is 328 g/mol. The zero-order chi connectivity index (χ0) is 16.9. The average molecular weight is 344 g/mol. The Kier molecular flexibility index (Phi) is 5.02. The number of hydrogen-bond acceptors (Lipinski definition) is 6. The van der Waals surface area contributed by atoms with Gasteiger partial charge < -0.3 is 19.4 Å². The van der Waals surface area contributed by atoms with Crippen molar-refractivity contribution < 1.29 is 18.8 Å². The largest absolute Gasteiger partial charge is 0.461 e. The lowest BCUT2D eigenvalue weighted by atomic mass is 10.1. The number of carbonyl (C=O) groups excluding carboxylic acids is 1. The number of benzene rings is 1. The van der Waals surface area contributed by atoms with Crippen LogP contribution < -0.4 is 5.32 Å². The third-order valence-electron chi connectivity index (χ3n) is 3.46. The van der Waals surface area contributed by atoms with Crippen LogP contribution in [0.4, 0.5) is 0 Å². The summed E-state index contributed by atoms with van der Waals surface area (Å²) in [6.07, 6.45) is 2.71. The standard InChI is InChI=1S/C17H16N2O4S/c1-24-12-6-4-11(5-7-12)14(20)10-18-17(21)13-9-16(23-19-13)15-3-2-8-22-15/h2-9,14,20H,10H2,1H3,(H,18,21)/t14-/m1/s1. The highest BCUT2D eigenvalue weighted by Gasteiger charge is 2.16. The minimum atomic E-state index is -0.790. The summed E-state index contributed by atoms with van der Waals surface area (Å²) in [5.74, 6) is 0.449. The molecule has 3 aromatic rings. The number of aromatic nitrogens is 1. The molecule has 7 heteroatoms. The van der Waals surface area contributed by atoms with Gasteiger partial charge in [0, 0.05) is 17.5 Å². The third-order valence-corrected chi connectivity index (χ3v) is 4.21. The van der Waals surface area contributed by atoms with Gasteiger partial charge >= 0.3 is 0 Å². The zero-order valence-corrected chi connectivity index (χ0v) is 13.7. The fraction of sp³-hybridized carbons (Fsp3) is 0.176. The van der Waals surface area contributed by atoms with Gasteiger partial charge in [-0.2, -0.15) is 0 Å². The second-order valence-corrected chi connectivity index (χ2v) is 5.93. The van der Waals surface area contributed by atoms with Crippen LogP contribution in [0.3, 0.4) is 0 Å². The van der Waals surface area contributed by atoms with Gasteiger partial charge in [0.1, 0.15) is 0 Å². The molecule has 0 saturated carbocycles. The second kappa shape index (κ2) is 7.37. The van der Waals surface area contributed by atoms with Crippen LogP contribution in [0.15, 0.2) is 62.6 Å². The number of thioether (sulfide) groups is 1. The quantitative estimate of drug-likeness (QED) is 0.668. The van der Waals surface area contributed by atoms with Crippen LogP contribution in [0.25, 0.3) is 11.5 Å². The molecule has 0 bridgehead atoms. The minimum absolute atomic E-state index is 0.0837. The van der Waals surface area contributed by atoms with Crippen LogP contribution >= 0.6 is 11.8 Å². The minimum Gasteiger partial charge on any atom is -0.461 e. The highest BCUT2D eigenvalue weighted by molar-refractivity contribution is 7.98. The topological polar surface area (TPSA) is 88.5 Å². The number of hydrogen-bond donors (Lipinski definition) is 2. The zero-order valence-electron chi connectivity index (χ0n) is 12.9. The number of nitrogens with one attached hydrogen (secondary N) is 1. The molecule has 124 valence electrons. The van der Waals surface area contributed by atoms with E-state index in [9.17, 15) is 9.90 Å². The number of aliphatic hydroxyl groups excluding tert-OH is 1. The molecule has 2 N–H and O–H groups in total. The van der Waals surface area contributed by atoms with E-state index < -0.39 is 12.0 Å². The van der Waals surface area contributed by atoms with E-state index >= 15 is 0 Å². The van der Waals surface area contributed by atoms with E-state index in [4.69, 9.17) is 8.94 Å². The van der Waals surface area contributed by atoms with Crippen LogP contribution in [-0.2, 0) is 0 Å². The fourth-order valence-electron chi connectivity index (χ4n) is 2.14.